The van der Waals surface area contributed by atoms with Crippen molar-refractivity contribution >= 4 is 10.1 Å². The Morgan fingerprint density at radius 2 is 1.50 bits per heavy atom. The molecule has 1 rings (SSSR count). The van der Waals surface area contributed by atoms with Crippen molar-refractivity contribution in [3.63, 3.8) is 0 Å². The van der Waals surface area contributed by atoms with E-state index in [0.29, 0.717) is 12.0 Å². The highest BCUT2D eigenvalue weighted by Crippen LogP contribution is 2.32. The second kappa shape index (κ2) is 12.5. The lowest BCUT2D eigenvalue weighted by Crippen LogP contribution is -2.13. The van der Waals surface area contributed by atoms with E-state index in [-0.39, 0.29) is 10.8 Å². The lowest BCUT2D eigenvalue weighted by atomic mass is 9.88. The zero-order valence-corrected chi connectivity index (χ0v) is 17.1. The monoisotopic (exact) mass is 383 g/mol. The van der Waals surface area contributed by atoms with Crippen molar-refractivity contribution < 1.29 is 18.1 Å². The van der Waals surface area contributed by atoms with Crippen LogP contribution in [0.15, 0.2) is 29.2 Å². The molecule has 2 unspecified atom stereocenters. The van der Waals surface area contributed by atoms with Gasteiger partial charge in [0.15, 0.2) is 0 Å². The third-order valence-corrected chi connectivity index (χ3v) is 5.82. The fourth-order valence-electron chi connectivity index (χ4n) is 3.56. The van der Waals surface area contributed by atoms with Gasteiger partial charge in [0.1, 0.15) is 10.1 Å². The smallest absolute Gasteiger partial charge is 0.124 e. The molecule has 0 amide bonds. The first-order valence-corrected chi connectivity index (χ1v) is 11.5. The summed E-state index contributed by atoms with van der Waals surface area (Å²) in [6, 6.07) is 6.43. The van der Waals surface area contributed by atoms with Crippen LogP contribution in [0, 0.1) is 0 Å². The van der Waals surface area contributed by atoms with Gasteiger partial charge in [-0.25, -0.2) is 8.42 Å². The summed E-state index contributed by atoms with van der Waals surface area (Å²) in [7, 11) is -4.50. The Balaban J connectivity index is 2.54. The zero-order chi connectivity index (χ0) is 19.4. The number of aliphatic hydroxyl groups is 1. The topological polar surface area (TPSA) is 77.4 Å². The third kappa shape index (κ3) is 9.15. The summed E-state index contributed by atoms with van der Waals surface area (Å²) >= 11 is 0. The van der Waals surface area contributed by atoms with Gasteiger partial charge in [-0.3, -0.25) is 0 Å². The molecule has 0 aliphatic heterocycles. The molecule has 0 aliphatic carbocycles. The molecule has 0 saturated carbocycles. The summed E-state index contributed by atoms with van der Waals surface area (Å²) in [6.07, 6.45) is 11.8. The van der Waals surface area contributed by atoms with Gasteiger partial charge in [0.2, 0.25) is 0 Å². The van der Waals surface area contributed by atoms with Crippen molar-refractivity contribution in [2.24, 2.45) is 0 Å². The number of aliphatic hydroxyl groups excluding tert-OH is 1. The SMILES string of the molecule is CCCCCCCCCCCC(CC(C)O)c1ccccc1S(=O)(=O)[O-]. The first-order chi connectivity index (χ1) is 12.4. The van der Waals surface area contributed by atoms with Crippen molar-refractivity contribution in [3.05, 3.63) is 29.8 Å². The zero-order valence-electron chi connectivity index (χ0n) is 16.3. The highest BCUT2D eigenvalue weighted by molar-refractivity contribution is 7.85. The largest absolute Gasteiger partial charge is 0.744 e. The summed E-state index contributed by atoms with van der Waals surface area (Å²) < 4.78 is 34.6. The quantitative estimate of drug-likeness (QED) is 0.346. The second-order valence-electron chi connectivity index (χ2n) is 7.39. The number of hydrogen-bond acceptors (Lipinski definition) is 4. The van der Waals surface area contributed by atoms with Crippen molar-refractivity contribution in [2.45, 2.75) is 101 Å². The Labute approximate surface area is 159 Å². The maximum Gasteiger partial charge on any atom is 0.124 e. The minimum atomic E-state index is -4.50. The standard InChI is InChI=1S/C21H36O4S/c1-3-4-5-6-7-8-9-10-11-14-19(17-18(2)22)20-15-12-13-16-21(20)26(23,24)25/h12-13,15-16,18-19,22H,3-11,14,17H2,1-2H3,(H,23,24,25)/p-1. The number of hydrogen-bond donors (Lipinski definition) is 1. The van der Waals surface area contributed by atoms with Crippen molar-refractivity contribution in [3.8, 4) is 0 Å². The summed E-state index contributed by atoms with van der Waals surface area (Å²) in [5, 5.41) is 9.79. The van der Waals surface area contributed by atoms with E-state index in [1.54, 1.807) is 25.1 Å². The van der Waals surface area contributed by atoms with E-state index in [2.05, 4.69) is 6.92 Å². The molecule has 26 heavy (non-hydrogen) atoms. The molecule has 1 aromatic carbocycles. The molecule has 4 nitrogen and oxygen atoms in total. The van der Waals surface area contributed by atoms with Gasteiger partial charge in [0, 0.05) is 0 Å². The molecule has 0 spiro atoms. The minimum Gasteiger partial charge on any atom is -0.744 e. The van der Waals surface area contributed by atoms with Crippen LogP contribution in [-0.2, 0) is 10.1 Å². The highest BCUT2D eigenvalue weighted by Gasteiger charge is 2.19. The molecule has 0 radical (unpaired) electrons. The van der Waals surface area contributed by atoms with Crippen LogP contribution in [0.25, 0.3) is 0 Å². The van der Waals surface area contributed by atoms with Gasteiger partial charge in [-0.1, -0.05) is 82.9 Å². The van der Waals surface area contributed by atoms with Crippen LogP contribution in [0.2, 0.25) is 0 Å². The highest BCUT2D eigenvalue weighted by atomic mass is 32.2. The van der Waals surface area contributed by atoms with E-state index in [1.807, 2.05) is 0 Å². The van der Waals surface area contributed by atoms with Crippen molar-refractivity contribution in [2.75, 3.05) is 0 Å². The Morgan fingerprint density at radius 3 is 2.04 bits per heavy atom. The maximum absolute atomic E-state index is 11.5. The summed E-state index contributed by atoms with van der Waals surface area (Å²) in [5.41, 5.74) is 0.558. The molecule has 5 heteroatoms. The van der Waals surface area contributed by atoms with Gasteiger partial charge >= 0.3 is 0 Å². The molecule has 1 aromatic rings. The Kier molecular flexibility index (Phi) is 11.1. The van der Waals surface area contributed by atoms with E-state index in [0.717, 1.165) is 19.3 Å². The van der Waals surface area contributed by atoms with Crippen LogP contribution in [0.1, 0.15) is 96.0 Å². The van der Waals surface area contributed by atoms with Crippen LogP contribution in [-0.4, -0.2) is 24.2 Å². The van der Waals surface area contributed by atoms with Gasteiger partial charge in [-0.15, -0.1) is 0 Å². The molecular formula is C21H35O4S-. The van der Waals surface area contributed by atoms with Gasteiger partial charge in [-0.2, -0.15) is 0 Å². The van der Waals surface area contributed by atoms with E-state index < -0.39 is 16.2 Å². The number of benzene rings is 1. The molecule has 0 heterocycles. The van der Waals surface area contributed by atoms with E-state index in [1.165, 1.54) is 51.0 Å². The van der Waals surface area contributed by atoms with Crippen molar-refractivity contribution in [1.82, 2.24) is 0 Å². The molecule has 0 saturated heterocycles. The summed E-state index contributed by atoms with van der Waals surface area (Å²) in [6.45, 7) is 3.93. The summed E-state index contributed by atoms with van der Waals surface area (Å²) in [4.78, 5) is -0.137. The lowest BCUT2D eigenvalue weighted by Gasteiger charge is -2.23. The minimum absolute atomic E-state index is 0.0977. The van der Waals surface area contributed by atoms with E-state index >= 15 is 0 Å². The van der Waals surface area contributed by atoms with Crippen LogP contribution < -0.4 is 0 Å². The Bertz CT molecular complexity index is 596. The van der Waals surface area contributed by atoms with Crippen LogP contribution in [0.4, 0.5) is 0 Å². The lowest BCUT2D eigenvalue weighted by molar-refractivity contribution is 0.171. The Morgan fingerprint density at radius 1 is 0.962 bits per heavy atom. The first-order valence-electron chi connectivity index (χ1n) is 10.1. The number of unbranched alkanes of at least 4 members (excludes halogenated alkanes) is 8. The summed E-state index contributed by atoms with van der Waals surface area (Å²) in [5.74, 6) is -0.0977. The molecule has 150 valence electrons. The predicted molar refractivity (Wildman–Crippen MR) is 105 cm³/mol. The molecule has 0 aromatic heterocycles. The van der Waals surface area contributed by atoms with Crippen molar-refractivity contribution in [1.29, 1.82) is 0 Å². The molecule has 0 bridgehead atoms. The fraction of sp³-hybridized carbons (Fsp3) is 0.714. The van der Waals surface area contributed by atoms with Crippen LogP contribution >= 0.6 is 0 Å². The molecular weight excluding hydrogens is 348 g/mol. The van der Waals surface area contributed by atoms with E-state index in [9.17, 15) is 18.1 Å². The fourth-order valence-corrected chi connectivity index (χ4v) is 4.33. The van der Waals surface area contributed by atoms with Gasteiger partial charge in [-0.05, 0) is 37.3 Å². The van der Waals surface area contributed by atoms with Gasteiger partial charge in [0.25, 0.3) is 0 Å². The average Bonchev–Trinajstić information content (AvgIpc) is 2.58. The third-order valence-electron chi connectivity index (χ3n) is 4.91. The molecule has 1 N–H and O–H groups in total. The number of rotatable bonds is 14. The van der Waals surface area contributed by atoms with Gasteiger partial charge in [0.05, 0.1) is 11.0 Å². The van der Waals surface area contributed by atoms with Crippen LogP contribution in [0.5, 0.6) is 0 Å². The van der Waals surface area contributed by atoms with E-state index in [4.69, 9.17) is 0 Å². The predicted octanol–water partition coefficient (Wildman–Crippen LogP) is 5.37. The first kappa shape index (κ1) is 23.1. The van der Waals surface area contributed by atoms with Gasteiger partial charge < -0.3 is 9.66 Å². The molecule has 0 aliphatic rings. The van der Waals surface area contributed by atoms with Crippen LogP contribution in [0.3, 0.4) is 0 Å². The molecule has 2 atom stereocenters. The maximum atomic E-state index is 11.5. The second-order valence-corrected chi connectivity index (χ2v) is 8.74. The average molecular weight is 384 g/mol. The Hall–Kier alpha value is -0.910. The normalized spacial score (nSPS) is 14.3. The molecule has 0 fully saturated rings.